The first-order chi connectivity index (χ1) is 9.19. The van der Waals surface area contributed by atoms with Crippen LogP contribution in [0.4, 0.5) is 0 Å². The summed E-state index contributed by atoms with van der Waals surface area (Å²) in [7, 11) is 0. The second-order valence-electron chi connectivity index (χ2n) is 6.02. The molecule has 4 heteroatoms. The van der Waals surface area contributed by atoms with Gasteiger partial charge in [-0.05, 0) is 39.3 Å². The van der Waals surface area contributed by atoms with E-state index < -0.39 is 0 Å². The Labute approximate surface area is 118 Å². The molecule has 0 bridgehead atoms. The largest absolute Gasteiger partial charge is 0.378 e. The van der Waals surface area contributed by atoms with E-state index in [4.69, 9.17) is 10.5 Å². The van der Waals surface area contributed by atoms with E-state index in [1.54, 1.807) is 0 Å². The number of rotatable bonds is 7. The number of hydrogen-bond donors (Lipinski definition) is 1. The molecule has 1 saturated carbocycles. The van der Waals surface area contributed by atoms with Gasteiger partial charge in [-0.1, -0.05) is 13.8 Å². The summed E-state index contributed by atoms with van der Waals surface area (Å²) in [6.07, 6.45) is 3.99. The molecule has 0 aromatic carbocycles. The van der Waals surface area contributed by atoms with Crippen LogP contribution in [0.5, 0.6) is 0 Å². The first-order valence-corrected chi connectivity index (χ1v) is 7.99. The normalized spacial score (nSPS) is 35.8. The van der Waals surface area contributed by atoms with Crippen LogP contribution in [0, 0.1) is 0 Å². The van der Waals surface area contributed by atoms with Crippen LogP contribution in [0.2, 0.25) is 0 Å². The fourth-order valence-corrected chi connectivity index (χ4v) is 3.91. The van der Waals surface area contributed by atoms with Crippen LogP contribution in [-0.2, 0) is 4.74 Å². The Kier molecular flexibility index (Phi) is 5.23. The zero-order valence-corrected chi connectivity index (χ0v) is 12.9. The van der Waals surface area contributed by atoms with Gasteiger partial charge >= 0.3 is 0 Å². The third-order valence-electron chi connectivity index (χ3n) is 5.16. The highest BCUT2D eigenvalue weighted by atomic mass is 16.5. The highest BCUT2D eigenvalue weighted by molar-refractivity contribution is 5.07. The van der Waals surface area contributed by atoms with Crippen LogP contribution in [0.25, 0.3) is 0 Å². The summed E-state index contributed by atoms with van der Waals surface area (Å²) < 4.78 is 5.72. The quantitative estimate of drug-likeness (QED) is 0.756. The van der Waals surface area contributed by atoms with E-state index in [1.165, 1.54) is 19.5 Å². The van der Waals surface area contributed by atoms with E-state index >= 15 is 0 Å². The average molecular weight is 269 g/mol. The fourth-order valence-electron chi connectivity index (χ4n) is 3.91. The Morgan fingerprint density at radius 2 is 1.95 bits per heavy atom. The van der Waals surface area contributed by atoms with Crippen LogP contribution in [-0.4, -0.2) is 66.8 Å². The molecule has 0 amide bonds. The van der Waals surface area contributed by atoms with Crippen molar-refractivity contribution in [3.63, 3.8) is 0 Å². The SMILES string of the molecule is CCOC1CC(CN)(N2CCC(N(CC)CC)C2)C1. The van der Waals surface area contributed by atoms with Crippen LogP contribution < -0.4 is 5.73 Å². The Hall–Kier alpha value is -0.160. The van der Waals surface area contributed by atoms with Crippen molar-refractivity contribution in [2.24, 2.45) is 5.73 Å². The highest BCUT2D eigenvalue weighted by Gasteiger charge is 2.50. The van der Waals surface area contributed by atoms with E-state index in [-0.39, 0.29) is 5.54 Å². The lowest BCUT2D eigenvalue weighted by molar-refractivity contribution is -0.0946. The molecule has 2 rings (SSSR count). The van der Waals surface area contributed by atoms with Gasteiger partial charge in [-0.15, -0.1) is 0 Å². The number of likely N-dealkylation sites (tertiary alicyclic amines) is 1. The van der Waals surface area contributed by atoms with Gasteiger partial charge in [0, 0.05) is 37.8 Å². The maximum atomic E-state index is 6.08. The van der Waals surface area contributed by atoms with Gasteiger partial charge in [-0.2, -0.15) is 0 Å². The van der Waals surface area contributed by atoms with Crippen molar-refractivity contribution in [1.29, 1.82) is 0 Å². The molecular weight excluding hydrogens is 238 g/mol. The molecular formula is C15H31N3O. The third kappa shape index (κ3) is 2.97. The number of nitrogens with two attached hydrogens (primary N) is 1. The van der Waals surface area contributed by atoms with Gasteiger partial charge in [0.25, 0.3) is 0 Å². The average Bonchev–Trinajstić information content (AvgIpc) is 2.85. The lowest BCUT2D eigenvalue weighted by Gasteiger charge is -2.52. The van der Waals surface area contributed by atoms with E-state index in [0.717, 1.165) is 45.1 Å². The molecule has 1 heterocycles. The maximum Gasteiger partial charge on any atom is 0.0611 e. The van der Waals surface area contributed by atoms with Gasteiger partial charge in [0.1, 0.15) is 0 Å². The Morgan fingerprint density at radius 3 is 2.47 bits per heavy atom. The van der Waals surface area contributed by atoms with E-state index in [2.05, 4.69) is 30.6 Å². The zero-order chi connectivity index (χ0) is 13.9. The van der Waals surface area contributed by atoms with Crippen LogP contribution in [0.3, 0.4) is 0 Å². The molecule has 0 aromatic heterocycles. The molecule has 1 saturated heterocycles. The highest BCUT2D eigenvalue weighted by Crippen LogP contribution is 2.41. The van der Waals surface area contributed by atoms with Crippen LogP contribution in [0.1, 0.15) is 40.0 Å². The summed E-state index contributed by atoms with van der Waals surface area (Å²) >= 11 is 0. The van der Waals surface area contributed by atoms with Gasteiger partial charge in [0.15, 0.2) is 0 Å². The smallest absolute Gasteiger partial charge is 0.0611 e. The van der Waals surface area contributed by atoms with Gasteiger partial charge in [0.05, 0.1) is 6.10 Å². The maximum absolute atomic E-state index is 6.08. The van der Waals surface area contributed by atoms with Crippen LogP contribution in [0.15, 0.2) is 0 Å². The minimum absolute atomic E-state index is 0.238. The van der Waals surface area contributed by atoms with Crippen molar-refractivity contribution < 1.29 is 4.74 Å². The second-order valence-corrected chi connectivity index (χ2v) is 6.02. The topological polar surface area (TPSA) is 41.7 Å². The van der Waals surface area contributed by atoms with Gasteiger partial charge in [-0.3, -0.25) is 9.80 Å². The molecule has 2 N–H and O–H groups in total. The lowest BCUT2D eigenvalue weighted by atomic mass is 9.73. The Balaban J connectivity index is 1.89. The number of ether oxygens (including phenoxy) is 1. The molecule has 0 radical (unpaired) electrons. The van der Waals surface area contributed by atoms with Crippen molar-refractivity contribution in [3.8, 4) is 0 Å². The standard InChI is InChI=1S/C15H31N3O/c1-4-17(5-2)13-7-8-18(11-13)15(12-16)9-14(10-15)19-6-3/h13-14H,4-12,16H2,1-3H3. The first-order valence-electron chi connectivity index (χ1n) is 7.99. The number of hydrogen-bond acceptors (Lipinski definition) is 4. The van der Waals surface area contributed by atoms with Gasteiger partial charge < -0.3 is 10.5 Å². The summed E-state index contributed by atoms with van der Waals surface area (Å²) in [5, 5.41) is 0. The summed E-state index contributed by atoms with van der Waals surface area (Å²) in [5.74, 6) is 0. The molecule has 4 nitrogen and oxygen atoms in total. The first kappa shape index (κ1) is 15.2. The molecule has 0 aromatic rings. The van der Waals surface area contributed by atoms with Gasteiger partial charge in [0.2, 0.25) is 0 Å². The van der Waals surface area contributed by atoms with E-state index in [0.29, 0.717) is 6.10 Å². The number of nitrogens with zero attached hydrogens (tertiary/aromatic N) is 2. The molecule has 1 aliphatic carbocycles. The summed E-state index contributed by atoms with van der Waals surface area (Å²) in [6, 6.07) is 0.726. The van der Waals surface area contributed by atoms with Crippen molar-refractivity contribution in [1.82, 2.24) is 9.80 Å². The lowest BCUT2D eigenvalue weighted by Crippen LogP contribution is -2.63. The van der Waals surface area contributed by atoms with Crippen LogP contribution >= 0.6 is 0 Å². The number of likely N-dealkylation sites (N-methyl/N-ethyl adjacent to an activating group) is 1. The Bertz CT molecular complexity index is 275. The molecule has 2 fully saturated rings. The minimum Gasteiger partial charge on any atom is -0.378 e. The molecule has 19 heavy (non-hydrogen) atoms. The van der Waals surface area contributed by atoms with E-state index in [9.17, 15) is 0 Å². The predicted molar refractivity (Wildman–Crippen MR) is 79.3 cm³/mol. The summed E-state index contributed by atoms with van der Waals surface area (Å²) in [5.41, 5.74) is 6.32. The van der Waals surface area contributed by atoms with Crippen molar-refractivity contribution in [3.05, 3.63) is 0 Å². The van der Waals surface area contributed by atoms with Gasteiger partial charge in [-0.25, -0.2) is 0 Å². The molecule has 1 atom stereocenters. The zero-order valence-electron chi connectivity index (χ0n) is 12.9. The Morgan fingerprint density at radius 1 is 1.26 bits per heavy atom. The van der Waals surface area contributed by atoms with Crippen molar-refractivity contribution in [2.45, 2.75) is 57.7 Å². The molecule has 2 aliphatic rings. The predicted octanol–water partition coefficient (Wildman–Crippen LogP) is 1.30. The molecule has 1 aliphatic heterocycles. The molecule has 0 spiro atoms. The second kappa shape index (κ2) is 6.53. The summed E-state index contributed by atoms with van der Waals surface area (Å²) in [6.45, 7) is 12.9. The van der Waals surface area contributed by atoms with Crippen molar-refractivity contribution >= 4 is 0 Å². The minimum atomic E-state index is 0.238. The van der Waals surface area contributed by atoms with Crippen molar-refractivity contribution in [2.75, 3.05) is 39.3 Å². The fraction of sp³-hybridized carbons (Fsp3) is 1.00. The molecule has 112 valence electrons. The third-order valence-corrected chi connectivity index (χ3v) is 5.16. The monoisotopic (exact) mass is 269 g/mol. The molecule has 1 unspecified atom stereocenters. The summed E-state index contributed by atoms with van der Waals surface area (Å²) in [4.78, 5) is 5.23. The van der Waals surface area contributed by atoms with E-state index in [1.807, 2.05) is 0 Å².